The number of benzene rings is 2. The molecule has 2 aromatic carbocycles. The van der Waals surface area contributed by atoms with Crippen LogP contribution in [0.4, 0.5) is 16.0 Å². The zero-order valence-corrected chi connectivity index (χ0v) is 19.2. The van der Waals surface area contributed by atoms with Crippen LogP contribution >= 0.6 is 0 Å². The van der Waals surface area contributed by atoms with Gasteiger partial charge in [-0.15, -0.1) is 6.42 Å². The van der Waals surface area contributed by atoms with Crippen molar-refractivity contribution in [2.75, 3.05) is 25.5 Å². The highest BCUT2D eigenvalue weighted by Crippen LogP contribution is 2.29. The Hall–Kier alpha value is -3.89. The highest BCUT2D eigenvalue weighted by molar-refractivity contribution is 6.06. The molecule has 2 N–H and O–H groups in total. The van der Waals surface area contributed by atoms with Crippen LogP contribution in [0.25, 0.3) is 27.9 Å². The second-order valence-corrected chi connectivity index (χ2v) is 8.23. The lowest BCUT2D eigenvalue weighted by atomic mass is 10.0. The van der Waals surface area contributed by atoms with Crippen LogP contribution in [0.3, 0.4) is 0 Å². The lowest BCUT2D eigenvalue weighted by molar-refractivity contribution is 0.420. The van der Waals surface area contributed by atoms with E-state index in [2.05, 4.69) is 21.2 Å². The number of nitrogens with zero attached hydrogens (tertiary/aromatic N) is 3. The molecule has 4 rings (SSSR count). The summed E-state index contributed by atoms with van der Waals surface area (Å²) >= 11 is 0. The minimum Gasteiger partial charge on any atom is -0.325 e. The number of aromatic nitrogens is 3. The van der Waals surface area contributed by atoms with Crippen LogP contribution in [0.5, 0.6) is 0 Å². The Kier molecular flexibility index (Phi) is 6.03. The van der Waals surface area contributed by atoms with Crippen molar-refractivity contribution in [3.63, 3.8) is 0 Å². The third kappa shape index (κ3) is 4.26. The Labute approximate surface area is 191 Å². The SMILES string of the molecule is C#CCN(C)C/C=C/c1[nH]c(=O)c2c(ccc3nc(Nc4ccc(F)cc4C)n(C)c32)c1C. The number of rotatable bonds is 6. The minimum absolute atomic E-state index is 0.176. The number of fused-ring (bicyclic) bond motifs is 3. The zero-order chi connectivity index (χ0) is 23.7. The van der Waals surface area contributed by atoms with Gasteiger partial charge in [0.15, 0.2) is 0 Å². The molecule has 168 valence electrons. The number of terminal acetylenes is 1. The summed E-state index contributed by atoms with van der Waals surface area (Å²) in [6.45, 7) is 5.06. The molecule has 0 spiro atoms. The highest BCUT2D eigenvalue weighted by atomic mass is 19.1. The van der Waals surface area contributed by atoms with Gasteiger partial charge in [-0.1, -0.05) is 18.1 Å². The van der Waals surface area contributed by atoms with Gasteiger partial charge in [0, 0.05) is 25.0 Å². The molecule has 33 heavy (non-hydrogen) atoms. The van der Waals surface area contributed by atoms with Crippen LogP contribution in [-0.2, 0) is 7.05 Å². The number of hydrogen-bond acceptors (Lipinski definition) is 4. The van der Waals surface area contributed by atoms with Gasteiger partial charge >= 0.3 is 0 Å². The topological polar surface area (TPSA) is 66.0 Å². The van der Waals surface area contributed by atoms with E-state index in [9.17, 15) is 9.18 Å². The highest BCUT2D eigenvalue weighted by Gasteiger charge is 2.16. The largest absolute Gasteiger partial charge is 0.325 e. The quantitative estimate of drug-likeness (QED) is 0.431. The normalized spacial score (nSPS) is 11.7. The van der Waals surface area contributed by atoms with Crippen LogP contribution in [0.15, 0.2) is 41.2 Å². The first-order valence-corrected chi connectivity index (χ1v) is 10.6. The van der Waals surface area contributed by atoms with Crippen molar-refractivity contribution in [1.29, 1.82) is 0 Å². The van der Waals surface area contributed by atoms with Crippen LogP contribution in [0.2, 0.25) is 0 Å². The van der Waals surface area contributed by atoms with Crippen molar-refractivity contribution in [2.45, 2.75) is 13.8 Å². The monoisotopic (exact) mass is 443 g/mol. The third-order valence-corrected chi connectivity index (χ3v) is 5.82. The second-order valence-electron chi connectivity index (χ2n) is 8.23. The molecule has 0 saturated carbocycles. The number of aryl methyl sites for hydroxylation is 3. The molecular formula is C26H26FN5O. The van der Waals surface area contributed by atoms with Gasteiger partial charge < -0.3 is 14.9 Å². The smallest absolute Gasteiger partial charge is 0.258 e. The van der Waals surface area contributed by atoms with Gasteiger partial charge in [-0.2, -0.15) is 0 Å². The van der Waals surface area contributed by atoms with E-state index in [1.165, 1.54) is 12.1 Å². The first-order valence-electron chi connectivity index (χ1n) is 10.6. The van der Waals surface area contributed by atoms with Gasteiger partial charge in [0.05, 0.1) is 23.0 Å². The Morgan fingerprint density at radius 2 is 2.09 bits per heavy atom. The number of anilines is 2. The van der Waals surface area contributed by atoms with E-state index >= 15 is 0 Å². The predicted octanol–water partition coefficient (Wildman–Crippen LogP) is 4.49. The summed E-state index contributed by atoms with van der Waals surface area (Å²) in [5.74, 6) is 2.90. The van der Waals surface area contributed by atoms with Crippen molar-refractivity contribution in [2.24, 2.45) is 7.05 Å². The van der Waals surface area contributed by atoms with Gasteiger partial charge in [0.1, 0.15) is 5.82 Å². The third-order valence-electron chi connectivity index (χ3n) is 5.82. The fraction of sp³-hybridized carbons (Fsp3) is 0.231. The van der Waals surface area contributed by atoms with Crippen molar-refractivity contribution in [3.05, 3.63) is 69.4 Å². The van der Waals surface area contributed by atoms with Gasteiger partial charge in [-0.05, 0) is 67.7 Å². The fourth-order valence-corrected chi connectivity index (χ4v) is 4.01. The first kappa shape index (κ1) is 22.3. The Bertz CT molecular complexity index is 1490. The Morgan fingerprint density at radius 1 is 1.30 bits per heavy atom. The molecule has 0 unspecified atom stereocenters. The summed E-state index contributed by atoms with van der Waals surface area (Å²) in [5.41, 5.74) is 4.54. The molecule has 0 amide bonds. The van der Waals surface area contributed by atoms with E-state index < -0.39 is 0 Å². The number of pyridine rings is 1. The molecule has 2 heterocycles. The van der Waals surface area contributed by atoms with E-state index in [1.54, 1.807) is 6.07 Å². The lowest BCUT2D eigenvalue weighted by Crippen LogP contribution is -2.18. The molecule has 6 nitrogen and oxygen atoms in total. The van der Waals surface area contributed by atoms with Crippen molar-refractivity contribution >= 4 is 39.5 Å². The molecule has 2 aromatic heterocycles. The summed E-state index contributed by atoms with van der Waals surface area (Å²) in [6, 6.07) is 8.40. The number of halogens is 1. The average molecular weight is 444 g/mol. The molecule has 0 radical (unpaired) electrons. The Morgan fingerprint density at radius 3 is 2.82 bits per heavy atom. The molecule has 4 aromatic rings. The van der Waals surface area contributed by atoms with Crippen LogP contribution in [-0.4, -0.2) is 39.6 Å². The van der Waals surface area contributed by atoms with E-state index in [4.69, 9.17) is 6.42 Å². The van der Waals surface area contributed by atoms with Gasteiger partial charge in [-0.3, -0.25) is 9.69 Å². The predicted molar refractivity (Wildman–Crippen MR) is 133 cm³/mol. The number of imidazole rings is 1. The van der Waals surface area contributed by atoms with Gasteiger partial charge in [0.2, 0.25) is 5.95 Å². The lowest BCUT2D eigenvalue weighted by Gasteiger charge is -2.11. The maximum atomic E-state index is 13.5. The maximum Gasteiger partial charge on any atom is 0.258 e. The number of H-pyrrole nitrogens is 1. The molecular weight excluding hydrogens is 417 g/mol. The number of nitrogens with one attached hydrogen (secondary N) is 2. The summed E-state index contributed by atoms with van der Waals surface area (Å²) < 4.78 is 15.3. The van der Waals surface area contributed by atoms with Gasteiger partial charge in [0.25, 0.3) is 5.56 Å². The molecule has 0 fully saturated rings. The zero-order valence-electron chi connectivity index (χ0n) is 19.2. The standard InChI is InChI=1S/C26H26FN5O/c1-6-13-31(4)14-7-8-21-17(3)19-10-12-22-24(23(19)25(33)28-21)32(5)26(30-22)29-20-11-9-18(27)15-16(20)2/h1,7-12,15H,13-14H2,2-5H3,(H,28,33)(H,29,30)/b8-7+. The summed E-state index contributed by atoms with van der Waals surface area (Å²) in [7, 11) is 3.80. The van der Waals surface area contributed by atoms with Crippen LogP contribution in [0, 0.1) is 32.0 Å². The van der Waals surface area contributed by atoms with E-state index in [0.717, 1.165) is 33.4 Å². The molecule has 0 aliphatic carbocycles. The average Bonchev–Trinajstić information content (AvgIpc) is 3.09. The van der Waals surface area contributed by atoms with Crippen LogP contribution in [0.1, 0.15) is 16.8 Å². The maximum absolute atomic E-state index is 13.5. The summed E-state index contributed by atoms with van der Waals surface area (Å²) in [5, 5.41) is 4.72. The number of hydrogen-bond donors (Lipinski definition) is 2. The Balaban J connectivity index is 1.78. The molecule has 0 bridgehead atoms. The summed E-state index contributed by atoms with van der Waals surface area (Å²) in [6.07, 6.45) is 9.25. The van der Waals surface area contributed by atoms with E-state index in [-0.39, 0.29) is 11.4 Å². The molecule has 0 aliphatic rings. The van der Waals surface area contributed by atoms with E-state index in [1.807, 2.05) is 61.7 Å². The molecule has 0 saturated heterocycles. The van der Waals surface area contributed by atoms with Crippen molar-refractivity contribution in [3.8, 4) is 12.3 Å². The van der Waals surface area contributed by atoms with Crippen molar-refractivity contribution in [1.82, 2.24) is 19.4 Å². The molecule has 7 heteroatoms. The molecule has 0 atom stereocenters. The van der Waals surface area contributed by atoms with Gasteiger partial charge in [-0.25, -0.2) is 9.37 Å². The molecule has 0 aliphatic heterocycles. The number of likely N-dealkylation sites (N-methyl/N-ethyl adjacent to an activating group) is 1. The minimum atomic E-state index is -0.288. The van der Waals surface area contributed by atoms with Crippen LogP contribution < -0.4 is 10.9 Å². The summed E-state index contributed by atoms with van der Waals surface area (Å²) in [4.78, 5) is 22.8. The van der Waals surface area contributed by atoms with E-state index in [0.29, 0.717) is 29.9 Å². The van der Waals surface area contributed by atoms with Crippen molar-refractivity contribution < 1.29 is 4.39 Å². The number of aromatic amines is 1. The first-order chi connectivity index (χ1) is 15.8. The second kappa shape index (κ2) is 8.93. The fourth-order valence-electron chi connectivity index (χ4n) is 4.01.